The standard InChI is InChI=1S/C13H15FN2O3/c14-11-8-10(2-4-15-11)12(17)16-5-1-3-13(9-16)18-6-7-19-13/h2,4,8H,1,3,5-7,9H2. The van der Waals surface area contributed by atoms with Gasteiger partial charge in [-0.15, -0.1) is 0 Å². The molecule has 2 fully saturated rings. The van der Waals surface area contributed by atoms with Gasteiger partial charge in [-0.1, -0.05) is 0 Å². The molecule has 1 aromatic heterocycles. The smallest absolute Gasteiger partial charge is 0.254 e. The molecule has 6 heteroatoms. The van der Waals surface area contributed by atoms with Gasteiger partial charge in [0.1, 0.15) is 0 Å². The zero-order chi connectivity index (χ0) is 13.3. The van der Waals surface area contributed by atoms with Crippen LogP contribution in [0.2, 0.25) is 0 Å². The van der Waals surface area contributed by atoms with Gasteiger partial charge >= 0.3 is 0 Å². The summed E-state index contributed by atoms with van der Waals surface area (Å²) in [4.78, 5) is 17.4. The number of nitrogens with zero attached hydrogens (tertiary/aromatic N) is 2. The van der Waals surface area contributed by atoms with Crippen molar-refractivity contribution < 1.29 is 18.7 Å². The topological polar surface area (TPSA) is 51.7 Å². The van der Waals surface area contributed by atoms with Gasteiger partial charge in [-0.2, -0.15) is 4.39 Å². The van der Waals surface area contributed by atoms with E-state index in [1.807, 2.05) is 0 Å². The summed E-state index contributed by atoms with van der Waals surface area (Å²) in [6.07, 6.45) is 2.91. The lowest BCUT2D eigenvalue weighted by atomic mass is 10.0. The van der Waals surface area contributed by atoms with Gasteiger partial charge in [-0.25, -0.2) is 4.98 Å². The summed E-state index contributed by atoms with van der Waals surface area (Å²) in [5.41, 5.74) is 0.308. The zero-order valence-electron chi connectivity index (χ0n) is 10.5. The fraction of sp³-hybridized carbons (Fsp3) is 0.538. The van der Waals surface area contributed by atoms with E-state index in [0.29, 0.717) is 31.9 Å². The van der Waals surface area contributed by atoms with Crippen molar-refractivity contribution in [3.8, 4) is 0 Å². The molecule has 102 valence electrons. The van der Waals surface area contributed by atoms with Crippen LogP contribution in [0.5, 0.6) is 0 Å². The minimum atomic E-state index is -0.653. The van der Waals surface area contributed by atoms with E-state index in [4.69, 9.17) is 9.47 Å². The summed E-state index contributed by atoms with van der Waals surface area (Å²) >= 11 is 0. The number of pyridine rings is 1. The number of aromatic nitrogens is 1. The Morgan fingerprint density at radius 1 is 1.42 bits per heavy atom. The second-order valence-electron chi connectivity index (χ2n) is 4.81. The van der Waals surface area contributed by atoms with Gasteiger partial charge in [0.05, 0.1) is 19.8 Å². The van der Waals surface area contributed by atoms with Crippen LogP contribution < -0.4 is 0 Å². The number of hydrogen-bond donors (Lipinski definition) is 0. The number of amides is 1. The van der Waals surface area contributed by atoms with E-state index in [2.05, 4.69) is 4.98 Å². The molecule has 5 nitrogen and oxygen atoms in total. The van der Waals surface area contributed by atoms with E-state index in [-0.39, 0.29) is 5.91 Å². The van der Waals surface area contributed by atoms with Crippen molar-refractivity contribution in [2.75, 3.05) is 26.3 Å². The fourth-order valence-electron chi connectivity index (χ4n) is 2.61. The van der Waals surface area contributed by atoms with Crippen molar-refractivity contribution in [3.63, 3.8) is 0 Å². The van der Waals surface area contributed by atoms with E-state index in [0.717, 1.165) is 18.9 Å². The number of rotatable bonds is 1. The summed E-state index contributed by atoms with van der Waals surface area (Å²) in [7, 11) is 0. The Labute approximate surface area is 110 Å². The molecule has 1 amide bonds. The van der Waals surface area contributed by atoms with Crippen LogP contribution in [0.15, 0.2) is 18.3 Å². The van der Waals surface area contributed by atoms with Gasteiger partial charge < -0.3 is 14.4 Å². The first-order valence-electron chi connectivity index (χ1n) is 6.37. The van der Waals surface area contributed by atoms with Crippen LogP contribution in [0.25, 0.3) is 0 Å². The molecule has 2 aliphatic rings. The third-order valence-electron chi connectivity index (χ3n) is 3.49. The van der Waals surface area contributed by atoms with Crippen LogP contribution in [0.1, 0.15) is 23.2 Å². The van der Waals surface area contributed by atoms with Crippen molar-refractivity contribution in [1.82, 2.24) is 9.88 Å². The highest BCUT2D eigenvalue weighted by atomic mass is 19.1. The molecule has 2 saturated heterocycles. The number of carbonyl (C=O) groups excluding carboxylic acids is 1. The highest BCUT2D eigenvalue weighted by Crippen LogP contribution is 2.30. The normalized spacial score (nSPS) is 21.8. The molecular formula is C13H15FN2O3. The summed E-state index contributed by atoms with van der Waals surface area (Å²) in [6.45, 7) is 2.16. The Morgan fingerprint density at radius 3 is 2.95 bits per heavy atom. The lowest BCUT2D eigenvalue weighted by Crippen LogP contribution is -2.51. The second kappa shape index (κ2) is 4.86. The Kier molecular flexibility index (Phi) is 3.20. The molecule has 0 saturated carbocycles. The average Bonchev–Trinajstić information content (AvgIpc) is 2.86. The maximum atomic E-state index is 13.1. The molecule has 1 aromatic rings. The highest BCUT2D eigenvalue weighted by molar-refractivity contribution is 5.94. The van der Waals surface area contributed by atoms with Crippen LogP contribution in [-0.2, 0) is 9.47 Å². The molecule has 19 heavy (non-hydrogen) atoms. The van der Waals surface area contributed by atoms with E-state index >= 15 is 0 Å². The molecule has 0 aliphatic carbocycles. The molecular weight excluding hydrogens is 251 g/mol. The number of ether oxygens (including phenoxy) is 2. The number of halogens is 1. The van der Waals surface area contributed by atoms with Crippen molar-refractivity contribution in [2.45, 2.75) is 18.6 Å². The van der Waals surface area contributed by atoms with Crippen molar-refractivity contribution >= 4 is 5.91 Å². The first-order chi connectivity index (χ1) is 9.19. The lowest BCUT2D eigenvalue weighted by Gasteiger charge is -2.38. The Hall–Kier alpha value is -1.53. The summed E-state index contributed by atoms with van der Waals surface area (Å²) in [5, 5.41) is 0. The van der Waals surface area contributed by atoms with Crippen LogP contribution in [0, 0.1) is 5.95 Å². The summed E-state index contributed by atoms with van der Waals surface area (Å²) < 4.78 is 24.3. The molecule has 0 aromatic carbocycles. The van der Waals surface area contributed by atoms with E-state index in [1.54, 1.807) is 4.90 Å². The van der Waals surface area contributed by atoms with E-state index in [1.165, 1.54) is 12.3 Å². The molecule has 3 heterocycles. The molecule has 3 rings (SSSR count). The second-order valence-corrected chi connectivity index (χ2v) is 4.81. The minimum absolute atomic E-state index is 0.209. The quantitative estimate of drug-likeness (QED) is 0.717. The largest absolute Gasteiger partial charge is 0.346 e. The van der Waals surface area contributed by atoms with Crippen molar-refractivity contribution in [2.24, 2.45) is 0 Å². The van der Waals surface area contributed by atoms with Crippen LogP contribution in [-0.4, -0.2) is 47.9 Å². The van der Waals surface area contributed by atoms with E-state index in [9.17, 15) is 9.18 Å². The first kappa shape index (κ1) is 12.5. The SMILES string of the molecule is O=C(c1ccnc(F)c1)N1CCCC2(C1)OCCO2. The van der Waals surface area contributed by atoms with Crippen LogP contribution >= 0.6 is 0 Å². The number of piperidine rings is 1. The maximum absolute atomic E-state index is 13.1. The molecule has 0 radical (unpaired) electrons. The van der Waals surface area contributed by atoms with Gasteiger partial charge in [0.2, 0.25) is 5.95 Å². The molecule has 0 unspecified atom stereocenters. The average molecular weight is 266 g/mol. The molecule has 0 N–H and O–H groups in total. The summed E-state index contributed by atoms with van der Waals surface area (Å²) in [6, 6.07) is 2.67. The third-order valence-corrected chi connectivity index (χ3v) is 3.49. The van der Waals surface area contributed by atoms with E-state index < -0.39 is 11.7 Å². The minimum Gasteiger partial charge on any atom is -0.346 e. The maximum Gasteiger partial charge on any atom is 0.254 e. The predicted molar refractivity (Wildman–Crippen MR) is 64.0 cm³/mol. The van der Waals surface area contributed by atoms with Crippen LogP contribution in [0.4, 0.5) is 4.39 Å². The summed E-state index contributed by atoms with van der Waals surface area (Å²) in [5.74, 6) is -1.51. The Bertz CT molecular complexity index is 489. The monoisotopic (exact) mass is 266 g/mol. The first-order valence-corrected chi connectivity index (χ1v) is 6.37. The van der Waals surface area contributed by atoms with Crippen LogP contribution in [0.3, 0.4) is 0 Å². The lowest BCUT2D eigenvalue weighted by molar-refractivity contribution is -0.183. The molecule has 1 spiro atoms. The molecule has 0 atom stereocenters. The zero-order valence-corrected chi connectivity index (χ0v) is 10.5. The fourth-order valence-corrected chi connectivity index (χ4v) is 2.61. The molecule has 0 bridgehead atoms. The third kappa shape index (κ3) is 2.46. The van der Waals surface area contributed by atoms with Gasteiger partial charge in [0.15, 0.2) is 5.79 Å². The number of likely N-dealkylation sites (tertiary alicyclic amines) is 1. The Morgan fingerprint density at radius 2 is 2.21 bits per heavy atom. The van der Waals surface area contributed by atoms with Gasteiger partial charge in [-0.05, 0) is 12.5 Å². The number of hydrogen-bond acceptors (Lipinski definition) is 4. The predicted octanol–water partition coefficient (Wildman–Crippen LogP) is 1.20. The van der Waals surface area contributed by atoms with Gasteiger partial charge in [-0.3, -0.25) is 4.79 Å². The highest BCUT2D eigenvalue weighted by Gasteiger charge is 2.42. The van der Waals surface area contributed by atoms with Gasteiger partial charge in [0, 0.05) is 30.8 Å². The van der Waals surface area contributed by atoms with Gasteiger partial charge in [0.25, 0.3) is 5.91 Å². The number of carbonyl (C=O) groups is 1. The van der Waals surface area contributed by atoms with Crippen molar-refractivity contribution in [1.29, 1.82) is 0 Å². The van der Waals surface area contributed by atoms with Crippen molar-refractivity contribution in [3.05, 3.63) is 29.8 Å². The Balaban J connectivity index is 1.76. The molecule has 2 aliphatic heterocycles.